The van der Waals surface area contributed by atoms with Crippen molar-refractivity contribution in [2.75, 3.05) is 13.7 Å². The molecule has 27 heavy (non-hydrogen) atoms. The molecule has 0 saturated heterocycles. The van der Waals surface area contributed by atoms with Crippen molar-refractivity contribution in [2.24, 2.45) is 0 Å². The fourth-order valence-corrected chi connectivity index (χ4v) is 4.91. The van der Waals surface area contributed by atoms with Crippen molar-refractivity contribution in [1.29, 1.82) is 0 Å². The van der Waals surface area contributed by atoms with E-state index in [-0.39, 0.29) is 0 Å². The van der Waals surface area contributed by atoms with Gasteiger partial charge in [0, 0.05) is 18.6 Å². The van der Waals surface area contributed by atoms with E-state index >= 15 is 0 Å². The number of rotatable bonds is 5. The molecule has 2 heteroatoms. The van der Waals surface area contributed by atoms with Crippen LogP contribution < -0.4 is 4.74 Å². The lowest BCUT2D eigenvalue weighted by atomic mass is 9.79. The van der Waals surface area contributed by atoms with E-state index in [0.717, 1.165) is 12.2 Å². The minimum atomic E-state index is 0.449. The molecule has 1 heterocycles. The molecule has 0 unspecified atom stereocenters. The molecule has 1 aliphatic carbocycles. The van der Waals surface area contributed by atoms with E-state index in [4.69, 9.17) is 4.74 Å². The Bertz CT molecular complexity index is 778. The first-order valence-corrected chi connectivity index (χ1v) is 10.4. The Morgan fingerprint density at radius 3 is 2.44 bits per heavy atom. The summed E-state index contributed by atoms with van der Waals surface area (Å²) in [7, 11) is 1.73. The highest BCUT2D eigenvalue weighted by atomic mass is 16.5. The SMILES string of the molecule is COc1ccc(C[C@H]2C3=C(CCCC3)CCN2[C@H](C)c2ccccc2)cc1. The maximum atomic E-state index is 5.34. The molecule has 2 atom stereocenters. The number of nitrogens with zero attached hydrogens (tertiary/aromatic N) is 1. The lowest BCUT2D eigenvalue weighted by Crippen LogP contribution is -2.44. The lowest BCUT2D eigenvalue weighted by molar-refractivity contribution is 0.146. The zero-order valence-corrected chi connectivity index (χ0v) is 16.7. The van der Waals surface area contributed by atoms with Crippen molar-refractivity contribution in [3.05, 3.63) is 76.9 Å². The topological polar surface area (TPSA) is 12.5 Å². The Morgan fingerprint density at radius 2 is 1.70 bits per heavy atom. The molecule has 4 rings (SSSR count). The molecule has 0 N–H and O–H groups in total. The summed E-state index contributed by atoms with van der Waals surface area (Å²) in [6.45, 7) is 3.56. The van der Waals surface area contributed by atoms with E-state index in [1.165, 1.54) is 49.8 Å². The van der Waals surface area contributed by atoms with Crippen LogP contribution in [0.4, 0.5) is 0 Å². The van der Waals surface area contributed by atoms with Gasteiger partial charge < -0.3 is 4.74 Å². The molecule has 2 aromatic carbocycles. The highest BCUT2D eigenvalue weighted by molar-refractivity contribution is 5.33. The number of methoxy groups -OCH3 is 1. The van der Waals surface area contributed by atoms with E-state index in [9.17, 15) is 0 Å². The molecule has 2 aromatic rings. The molecule has 0 saturated carbocycles. The third-order valence-corrected chi connectivity index (χ3v) is 6.47. The van der Waals surface area contributed by atoms with Crippen LogP contribution in [0.15, 0.2) is 65.7 Å². The Labute approximate surface area is 163 Å². The van der Waals surface area contributed by atoms with E-state index in [2.05, 4.69) is 66.4 Å². The van der Waals surface area contributed by atoms with Gasteiger partial charge in [-0.2, -0.15) is 0 Å². The van der Waals surface area contributed by atoms with Gasteiger partial charge in [-0.25, -0.2) is 0 Å². The third kappa shape index (κ3) is 3.96. The first kappa shape index (κ1) is 18.3. The van der Waals surface area contributed by atoms with Crippen molar-refractivity contribution in [1.82, 2.24) is 4.90 Å². The third-order valence-electron chi connectivity index (χ3n) is 6.47. The zero-order valence-electron chi connectivity index (χ0n) is 16.7. The van der Waals surface area contributed by atoms with Crippen LogP contribution in [0.1, 0.15) is 56.2 Å². The molecule has 142 valence electrons. The maximum Gasteiger partial charge on any atom is 0.118 e. The van der Waals surface area contributed by atoms with Crippen molar-refractivity contribution in [3.63, 3.8) is 0 Å². The van der Waals surface area contributed by atoms with Crippen LogP contribution in [-0.2, 0) is 6.42 Å². The first-order chi connectivity index (χ1) is 13.3. The smallest absolute Gasteiger partial charge is 0.118 e. The van der Waals surface area contributed by atoms with Gasteiger partial charge in [0.2, 0.25) is 0 Å². The highest BCUT2D eigenvalue weighted by Crippen LogP contribution is 2.39. The summed E-state index contributed by atoms with van der Waals surface area (Å²) in [5.41, 5.74) is 6.34. The highest BCUT2D eigenvalue weighted by Gasteiger charge is 2.33. The molecule has 0 radical (unpaired) electrons. The van der Waals surface area contributed by atoms with Crippen molar-refractivity contribution >= 4 is 0 Å². The summed E-state index contributed by atoms with van der Waals surface area (Å²) in [4.78, 5) is 2.75. The summed E-state index contributed by atoms with van der Waals surface area (Å²) in [5.74, 6) is 0.939. The van der Waals surface area contributed by atoms with Gasteiger partial charge in [0.25, 0.3) is 0 Å². The number of hydrogen-bond acceptors (Lipinski definition) is 2. The van der Waals surface area contributed by atoms with E-state index < -0.39 is 0 Å². The van der Waals surface area contributed by atoms with Gasteiger partial charge in [-0.05, 0) is 68.7 Å². The molecular formula is C25H31NO. The van der Waals surface area contributed by atoms with Gasteiger partial charge in [0.1, 0.15) is 5.75 Å². The van der Waals surface area contributed by atoms with Crippen molar-refractivity contribution in [2.45, 2.75) is 57.5 Å². The van der Waals surface area contributed by atoms with Crippen LogP contribution in [0.25, 0.3) is 0 Å². The van der Waals surface area contributed by atoms with Gasteiger partial charge in [-0.1, -0.05) is 53.6 Å². The van der Waals surface area contributed by atoms with Crippen LogP contribution in [-0.4, -0.2) is 24.6 Å². The number of benzene rings is 2. The minimum Gasteiger partial charge on any atom is -0.497 e. The molecule has 0 amide bonds. The minimum absolute atomic E-state index is 0.449. The Morgan fingerprint density at radius 1 is 0.963 bits per heavy atom. The van der Waals surface area contributed by atoms with Crippen molar-refractivity contribution < 1.29 is 4.74 Å². The van der Waals surface area contributed by atoms with Gasteiger partial charge in [0.05, 0.1) is 7.11 Å². The van der Waals surface area contributed by atoms with Crippen LogP contribution in [0.5, 0.6) is 5.75 Å². The van der Waals surface area contributed by atoms with Gasteiger partial charge >= 0.3 is 0 Å². The van der Waals surface area contributed by atoms with Crippen LogP contribution in [0.3, 0.4) is 0 Å². The standard InChI is InChI=1S/C25H31NO/c1-19(21-8-4-3-5-9-21)26-17-16-22-10-6-7-11-24(22)25(26)18-20-12-14-23(27-2)15-13-20/h3-5,8-9,12-15,19,25H,6-7,10-11,16-18H2,1-2H3/t19-,25+/m1/s1. The van der Waals surface area contributed by atoms with Crippen LogP contribution >= 0.6 is 0 Å². The fourth-order valence-electron chi connectivity index (χ4n) is 4.91. The monoisotopic (exact) mass is 361 g/mol. The first-order valence-electron chi connectivity index (χ1n) is 10.4. The van der Waals surface area contributed by atoms with Crippen LogP contribution in [0, 0.1) is 0 Å². The summed E-state index contributed by atoms with van der Waals surface area (Å²) >= 11 is 0. The Balaban J connectivity index is 1.64. The second kappa shape index (κ2) is 8.31. The average Bonchev–Trinajstić information content (AvgIpc) is 2.74. The number of ether oxygens (including phenoxy) is 1. The second-order valence-corrected chi connectivity index (χ2v) is 7.98. The number of hydrogen-bond donors (Lipinski definition) is 0. The van der Waals surface area contributed by atoms with Gasteiger partial charge in [-0.15, -0.1) is 0 Å². The van der Waals surface area contributed by atoms with Gasteiger partial charge in [0.15, 0.2) is 0 Å². The Hall–Kier alpha value is -2.06. The molecule has 2 nitrogen and oxygen atoms in total. The molecule has 2 aliphatic rings. The van der Waals surface area contributed by atoms with E-state index in [0.29, 0.717) is 12.1 Å². The molecular weight excluding hydrogens is 330 g/mol. The van der Waals surface area contributed by atoms with Gasteiger partial charge in [-0.3, -0.25) is 4.90 Å². The summed E-state index contributed by atoms with van der Waals surface area (Å²) < 4.78 is 5.34. The zero-order chi connectivity index (χ0) is 18.6. The van der Waals surface area contributed by atoms with E-state index in [1.807, 2.05) is 0 Å². The molecule has 1 aliphatic heterocycles. The van der Waals surface area contributed by atoms with Crippen molar-refractivity contribution in [3.8, 4) is 5.75 Å². The maximum absolute atomic E-state index is 5.34. The fraction of sp³-hybridized carbons (Fsp3) is 0.440. The largest absolute Gasteiger partial charge is 0.497 e. The average molecular weight is 362 g/mol. The van der Waals surface area contributed by atoms with E-state index in [1.54, 1.807) is 18.3 Å². The quantitative estimate of drug-likeness (QED) is 0.611. The predicted molar refractivity (Wildman–Crippen MR) is 112 cm³/mol. The molecule has 0 fully saturated rings. The lowest BCUT2D eigenvalue weighted by Gasteiger charge is -2.44. The normalized spacial score (nSPS) is 21.6. The van der Waals surface area contributed by atoms with Crippen LogP contribution in [0.2, 0.25) is 0 Å². The summed E-state index contributed by atoms with van der Waals surface area (Å²) in [6, 6.07) is 20.6. The predicted octanol–water partition coefficient (Wildman–Crippen LogP) is 5.94. The summed E-state index contributed by atoms with van der Waals surface area (Å²) in [5, 5.41) is 0. The summed E-state index contributed by atoms with van der Waals surface area (Å²) in [6.07, 6.45) is 7.69. The second-order valence-electron chi connectivity index (χ2n) is 7.98. The Kier molecular flexibility index (Phi) is 5.63. The molecule has 0 spiro atoms. The molecule has 0 aromatic heterocycles. The molecule has 0 bridgehead atoms.